The van der Waals surface area contributed by atoms with Crippen molar-refractivity contribution in [1.29, 1.82) is 0 Å². The molecule has 1 fully saturated rings. The number of nitrogens with zero attached hydrogens (tertiary/aromatic N) is 3. The summed E-state index contributed by atoms with van der Waals surface area (Å²) in [5, 5.41) is 7.30. The van der Waals surface area contributed by atoms with Crippen molar-refractivity contribution in [1.82, 2.24) is 15.4 Å². The normalized spacial score (nSPS) is 24.3. The molecule has 2 rings (SSSR count). The van der Waals surface area contributed by atoms with E-state index in [2.05, 4.69) is 22.4 Å². The van der Waals surface area contributed by atoms with Crippen molar-refractivity contribution in [3.63, 3.8) is 0 Å². The Balaban J connectivity index is 1.88. The molecule has 16 heavy (non-hydrogen) atoms. The third-order valence-electron chi connectivity index (χ3n) is 2.89. The number of nitrogens with one attached hydrogen (secondary N) is 1. The van der Waals surface area contributed by atoms with Crippen LogP contribution in [0.1, 0.15) is 19.0 Å². The number of rotatable bonds is 3. The number of aliphatic imine (C=N–C) groups is 1. The van der Waals surface area contributed by atoms with E-state index in [4.69, 9.17) is 4.52 Å². The van der Waals surface area contributed by atoms with Gasteiger partial charge < -0.3 is 14.7 Å². The molecule has 1 heterocycles. The van der Waals surface area contributed by atoms with Crippen molar-refractivity contribution in [2.75, 3.05) is 14.1 Å². The second-order valence-electron chi connectivity index (χ2n) is 4.36. The van der Waals surface area contributed by atoms with E-state index in [1.54, 1.807) is 13.3 Å². The summed E-state index contributed by atoms with van der Waals surface area (Å²) in [6.07, 6.45) is 2.82. The number of hydrogen-bond donors (Lipinski definition) is 1. The zero-order chi connectivity index (χ0) is 11.5. The zero-order valence-electron chi connectivity index (χ0n) is 9.97. The second kappa shape index (κ2) is 4.55. The first-order valence-electron chi connectivity index (χ1n) is 5.54. The Morgan fingerprint density at radius 3 is 3.00 bits per heavy atom. The lowest BCUT2D eigenvalue weighted by molar-refractivity contribution is 0.391. The van der Waals surface area contributed by atoms with E-state index in [9.17, 15) is 0 Å². The van der Waals surface area contributed by atoms with E-state index in [1.807, 2.05) is 18.0 Å². The van der Waals surface area contributed by atoms with Gasteiger partial charge in [-0.25, -0.2) is 0 Å². The van der Waals surface area contributed by atoms with Crippen LogP contribution in [0.2, 0.25) is 0 Å². The first-order chi connectivity index (χ1) is 7.70. The van der Waals surface area contributed by atoms with Crippen LogP contribution in [0.4, 0.5) is 0 Å². The highest BCUT2D eigenvalue weighted by Crippen LogP contribution is 2.29. The van der Waals surface area contributed by atoms with Crippen LogP contribution in [0.5, 0.6) is 0 Å². The molecular weight excluding hydrogens is 204 g/mol. The molecule has 1 N–H and O–H groups in total. The Hall–Kier alpha value is -1.52. The average Bonchev–Trinajstić information content (AvgIpc) is 2.76. The predicted molar refractivity (Wildman–Crippen MR) is 62.0 cm³/mol. The maximum absolute atomic E-state index is 4.80. The minimum absolute atomic E-state index is 0.582. The quantitative estimate of drug-likeness (QED) is 0.614. The molecule has 0 radical (unpaired) electrons. The van der Waals surface area contributed by atoms with Crippen molar-refractivity contribution in [2.24, 2.45) is 10.9 Å². The van der Waals surface area contributed by atoms with Crippen LogP contribution in [-0.2, 0) is 6.54 Å². The third-order valence-corrected chi connectivity index (χ3v) is 2.89. The Labute approximate surface area is 95.5 Å². The van der Waals surface area contributed by atoms with Gasteiger partial charge in [0.2, 0.25) is 0 Å². The lowest BCUT2D eigenvalue weighted by Crippen LogP contribution is -2.40. The summed E-state index contributed by atoms with van der Waals surface area (Å²) < 4.78 is 4.80. The number of guanidine groups is 1. The largest absolute Gasteiger partial charge is 0.364 e. The molecule has 1 aliphatic carbocycles. The highest BCUT2D eigenvalue weighted by Gasteiger charge is 2.33. The van der Waals surface area contributed by atoms with Crippen molar-refractivity contribution >= 4 is 5.96 Å². The smallest absolute Gasteiger partial charge is 0.193 e. The van der Waals surface area contributed by atoms with Crippen LogP contribution in [0, 0.1) is 5.92 Å². The summed E-state index contributed by atoms with van der Waals surface area (Å²) in [6, 6.07) is 2.45. The molecule has 1 aliphatic rings. The fourth-order valence-corrected chi connectivity index (χ4v) is 1.67. The number of aromatic nitrogens is 1. The van der Waals surface area contributed by atoms with Gasteiger partial charge in [-0.2, -0.15) is 0 Å². The Morgan fingerprint density at radius 1 is 1.75 bits per heavy atom. The molecular formula is C11H18N4O. The van der Waals surface area contributed by atoms with Crippen molar-refractivity contribution in [2.45, 2.75) is 25.9 Å². The molecule has 0 spiro atoms. The lowest BCUT2D eigenvalue weighted by Gasteiger charge is -2.20. The van der Waals surface area contributed by atoms with Gasteiger partial charge in [-0.05, 0) is 12.3 Å². The van der Waals surface area contributed by atoms with Gasteiger partial charge in [0.25, 0.3) is 0 Å². The van der Waals surface area contributed by atoms with E-state index in [0.717, 1.165) is 17.6 Å². The van der Waals surface area contributed by atoms with E-state index >= 15 is 0 Å². The Morgan fingerprint density at radius 2 is 2.50 bits per heavy atom. The topological polar surface area (TPSA) is 53.7 Å². The molecule has 5 heteroatoms. The molecule has 1 aromatic rings. The summed E-state index contributed by atoms with van der Waals surface area (Å²) in [6.45, 7) is 2.94. The summed E-state index contributed by atoms with van der Waals surface area (Å²) in [7, 11) is 3.80. The van der Waals surface area contributed by atoms with Gasteiger partial charge in [0.05, 0.1) is 6.54 Å². The monoisotopic (exact) mass is 222 g/mol. The van der Waals surface area contributed by atoms with Gasteiger partial charge >= 0.3 is 0 Å². The predicted octanol–water partition coefficient (Wildman–Crippen LogP) is 1.09. The molecule has 1 saturated carbocycles. The van der Waals surface area contributed by atoms with Crippen LogP contribution in [0.15, 0.2) is 21.8 Å². The highest BCUT2D eigenvalue weighted by molar-refractivity contribution is 5.80. The summed E-state index contributed by atoms with van der Waals surface area (Å²) in [5.41, 5.74) is 0.911. The minimum Gasteiger partial charge on any atom is -0.364 e. The van der Waals surface area contributed by atoms with E-state index in [-0.39, 0.29) is 0 Å². The van der Waals surface area contributed by atoms with Crippen LogP contribution >= 0.6 is 0 Å². The number of hydrogen-bond acceptors (Lipinski definition) is 3. The van der Waals surface area contributed by atoms with Crippen LogP contribution < -0.4 is 5.32 Å². The van der Waals surface area contributed by atoms with Crippen molar-refractivity contribution < 1.29 is 4.52 Å². The molecule has 0 saturated heterocycles. The zero-order valence-corrected chi connectivity index (χ0v) is 9.97. The first kappa shape index (κ1) is 11.0. The van der Waals surface area contributed by atoms with Crippen molar-refractivity contribution in [3.8, 4) is 0 Å². The molecule has 1 aromatic heterocycles. The van der Waals surface area contributed by atoms with Crippen LogP contribution in [0.3, 0.4) is 0 Å². The van der Waals surface area contributed by atoms with Gasteiger partial charge in [-0.3, -0.25) is 4.99 Å². The van der Waals surface area contributed by atoms with Crippen molar-refractivity contribution in [3.05, 3.63) is 18.0 Å². The van der Waals surface area contributed by atoms with E-state index in [1.165, 1.54) is 6.42 Å². The lowest BCUT2D eigenvalue weighted by atomic mass is 10.4. The Kier molecular flexibility index (Phi) is 3.12. The van der Waals surface area contributed by atoms with Gasteiger partial charge in [-0.15, -0.1) is 0 Å². The molecule has 0 aromatic carbocycles. The SMILES string of the molecule is CN=C(NC1CC1C)N(C)Cc1ccon1. The van der Waals surface area contributed by atoms with Gasteiger partial charge in [0.15, 0.2) is 5.96 Å². The maximum Gasteiger partial charge on any atom is 0.193 e. The Bertz CT molecular complexity index is 360. The molecule has 2 atom stereocenters. The van der Waals surface area contributed by atoms with Gasteiger partial charge in [-0.1, -0.05) is 12.1 Å². The molecule has 0 bridgehead atoms. The molecule has 88 valence electrons. The molecule has 5 nitrogen and oxygen atoms in total. The average molecular weight is 222 g/mol. The van der Waals surface area contributed by atoms with E-state index < -0.39 is 0 Å². The standard InChI is InChI=1S/C11H18N4O/c1-8-6-10(8)13-11(12-2)15(3)7-9-4-5-16-14-9/h4-5,8,10H,6-7H2,1-3H3,(H,12,13). The molecule has 0 amide bonds. The summed E-state index contributed by atoms with van der Waals surface area (Å²) >= 11 is 0. The molecule has 2 unspecified atom stereocenters. The fourth-order valence-electron chi connectivity index (χ4n) is 1.67. The highest BCUT2D eigenvalue weighted by atomic mass is 16.5. The minimum atomic E-state index is 0.582. The van der Waals surface area contributed by atoms with Gasteiger partial charge in [0.1, 0.15) is 12.0 Å². The van der Waals surface area contributed by atoms with Crippen LogP contribution in [-0.4, -0.2) is 36.2 Å². The molecule has 0 aliphatic heterocycles. The summed E-state index contributed by atoms with van der Waals surface area (Å²) in [5.74, 6) is 1.68. The second-order valence-corrected chi connectivity index (χ2v) is 4.36. The third kappa shape index (κ3) is 2.53. The summed E-state index contributed by atoms with van der Waals surface area (Å²) in [4.78, 5) is 6.30. The van der Waals surface area contributed by atoms with Gasteiger partial charge in [0, 0.05) is 26.2 Å². The fraction of sp³-hybridized carbons (Fsp3) is 0.636. The van der Waals surface area contributed by atoms with E-state index in [0.29, 0.717) is 12.6 Å². The van der Waals surface area contributed by atoms with Crippen LogP contribution in [0.25, 0.3) is 0 Å². The maximum atomic E-state index is 4.80. The first-order valence-corrected chi connectivity index (χ1v) is 5.54.